The summed E-state index contributed by atoms with van der Waals surface area (Å²) in [5.41, 5.74) is 0. The Bertz CT molecular complexity index is 366. The molecule has 1 aliphatic rings. The minimum Gasteiger partial charge on any atom is -0.463 e. The number of hydrogen-bond acceptors (Lipinski definition) is 8. The Morgan fingerprint density at radius 2 is 1.53 bits per heavy atom. The monoisotopic (exact) mass is 276 g/mol. The van der Waals surface area contributed by atoms with Crippen molar-refractivity contribution in [1.82, 2.24) is 0 Å². The predicted octanol–water partition coefficient (Wildman–Crippen LogP) is -0.870. The summed E-state index contributed by atoms with van der Waals surface area (Å²) in [6.07, 6.45) is -4.53. The molecule has 1 rings (SSSR count). The summed E-state index contributed by atoms with van der Waals surface area (Å²) in [5, 5.41) is 9.63. The second-order valence-electron chi connectivity index (χ2n) is 4.02. The van der Waals surface area contributed by atoms with E-state index in [-0.39, 0.29) is 6.61 Å². The SMILES string of the molecule is CC(=O)OC[C@H]1O[C@@H](O)[C@H](OC(C)=O)[C@@H]1OC(C)=O. The molecule has 0 bridgehead atoms. The summed E-state index contributed by atoms with van der Waals surface area (Å²) in [6.45, 7) is 3.30. The number of carbonyl (C=O) groups excluding carboxylic acids is 3. The van der Waals surface area contributed by atoms with Crippen LogP contribution in [0.25, 0.3) is 0 Å². The molecule has 0 aromatic carbocycles. The van der Waals surface area contributed by atoms with Gasteiger partial charge in [0.2, 0.25) is 0 Å². The number of hydrogen-bond donors (Lipinski definition) is 1. The molecule has 0 amide bonds. The van der Waals surface area contributed by atoms with Gasteiger partial charge in [-0.3, -0.25) is 14.4 Å². The van der Waals surface area contributed by atoms with Crippen LogP contribution < -0.4 is 0 Å². The first kappa shape index (κ1) is 15.4. The molecule has 1 saturated heterocycles. The van der Waals surface area contributed by atoms with Crippen LogP contribution in [0.2, 0.25) is 0 Å². The summed E-state index contributed by atoms with van der Waals surface area (Å²) in [5.74, 6) is -1.83. The van der Waals surface area contributed by atoms with Crippen molar-refractivity contribution in [2.75, 3.05) is 6.61 Å². The van der Waals surface area contributed by atoms with Gasteiger partial charge in [0, 0.05) is 20.8 Å². The first-order chi connectivity index (χ1) is 8.81. The molecule has 1 aliphatic heterocycles. The lowest BCUT2D eigenvalue weighted by Gasteiger charge is -2.21. The maximum atomic E-state index is 11.0. The maximum absolute atomic E-state index is 11.0. The highest BCUT2D eigenvalue weighted by atomic mass is 16.7. The molecule has 19 heavy (non-hydrogen) atoms. The molecule has 0 aliphatic carbocycles. The Hall–Kier alpha value is -1.67. The van der Waals surface area contributed by atoms with Gasteiger partial charge in [-0.15, -0.1) is 0 Å². The largest absolute Gasteiger partial charge is 0.463 e. The Labute approximate surface area is 109 Å². The van der Waals surface area contributed by atoms with Crippen molar-refractivity contribution in [1.29, 1.82) is 0 Å². The van der Waals surface area contributed by atoms with Crippen LogP contribution in [0, 0.1) is 0 Å². The van der Waals surface area contributed by atoms with Gasteiger partial charge in [-0.05, 0) is 0 Å². The second-order valence-corrected chi connectivity index (χ2v) is 4.02. The van der Waals surface area contributed by atoms with E-state index in [9.17, 15) is 19.5 Å². The predicted molar refractivity (Wildman–Crippen MR) is 58.6 cm³/mol. The van der Waals surface area contributed by atoms with Crippen molar-refractivity contribution in [2.24, 2.45) is 0 Å². The molecule has 0 radical (unpaired) electrons. The van der Waals surface area contributed by atoms with Gasteiger partial charge in [0.15, 0.2) is 18.5 Å². The lowest BCUT2D eigenvalue weighted by Crippen LogP contribution is -2.41. The third kappa shape index (κ3) is 4.49. The summed E-state index contributed by atoms with van der Waals surface area (Å²) in [6, 6.07) is 0. The van der Waals surface area contributed by atoms with Crippen LogP contribution in [0.5, 0.6) is 0 Å². The topological polar surface area (TPSA) is 108 Å². The summed E-state index contributed by atoms with van der Waals surface area (Å²) < 4.78 is 19.6. The molecule has 0 unspecified atom stereocenters. The van der Waals surface area contributed by atoms with E-state index < -0.39 is 42.5 Å². The van der Waals surface area contributed by atoms with Crippen LogP contribution >= 0.6 is 0 Å². The van der Waals surface area contributed by atoms with Crippen molar-refractivity contribution in [2.45, 2.75) is 45.4 Å². The fourth-order valence-corrected chi connectivity index (χ4v) is 1.69. The van der Waals surface area contributed by atoms with Crippen molar-refractivity contribution < 1.29 is 38.4 Å². The van der Waals surface area contributed by atoms with Crippen molar-refractivity contribution >= 4 is 17.9 Å². The summed E-state index contributed by atoms with van der Waals surface area (Å²) in [4.78, 5) is 32.7. The normalized spacial score (nSPS) is 29.7. The Kier molecular flexibility index (Phi) is 5.25. The van der Waals surface area contributed by atoms with Crippen LogP contribution in [0.1, 0.15) is 20.8 Å². The van der Waals surface area contributed by atoms with Gasteiger partial charge < -0.3 is 24.1 Å². The van der Waals surface area contributed by atoms with E-state index in [4.69, 9.17) is 18.9 Å². The van der Waals surface area contributed by atoms with E-state index >= 15 is 0 Å². The average molecular weight is 276 g/mol. The number of aliphatic hydroxyl groups is 1. The minimum absolute atomic E-state index is 0.220. The molecule has 0 aromatic heterocycles. The molecule has 1 heterocycles. The lowest BCUT2D eigenvalue weighted by atomic mass is 10.1. The molecule has 0 saturated carbocycles. The fraction of sp³-hybridized carbons (Fsp3) is 0.727. The number of aliphatic hydroxyl groups excluding tert-OH is 1. The van der Waals surface area contributed by atoms with Crippen LogP contribution in [-0.4, -0.2) is 54.2 Å². The highest BCUT2D eigenvalue weighted by Crippen LogP contribution is 2.26. The van der Waals surface area contributed by atoms with E-state index in [1.165, 1.54) is 13.8 Å². The number of esters is 3. The average Bonchev–Trinajstić information content (AvgIpc) is 2.53. The van der Waals surface area contributed by atoms with E-state index in [1.54, 1.807) is 0 Å². The molecular formula is C11H16O8. The molecule has 8 heteroatoms. The van der Waals surface area contributed by atoms with Gasteiger partial charge >= 0.3 is 17.9 Å². The van der Waals surface area contributed by atoms with E-state index in [1.807, 2.05) is 0 Å². The zero-order valence-electron chi connectivity index (χ0n) is 10.8. The third-order valence-corrected chi connectivity index (χ3v) is 2.34. The molecule has 0 aromatic rings. The van der Waals surface area contributed by atoms with Crippen molar-refractivity contribution in [3.63, 3.8) is 0 Å². The summed E-state index contributed by atoms with van der Waals surface area (Å²) in [7, 11) is 0. The Balaban J connectivity index is 2.76. The van der Waals surface area contributed by atoms with Crippen LogP contribution in [0.3, 0.4) is 0 Å². The van der Waals surface area contributed by atoms with Crippen molar-refractivity contribution in [3.8, 4) is 0 Å². The van der Waals surface area contributed by atoms with Crippen molar-refractivity contribution in [3.05, 3.63) is 0 Å². The third-order valence-electron chi connectivity index (χ3n) is 2.34. The zero-order valence-corrected chi connectivity index (χ0v) is 10.8. The Morgan fingerprint density at radius 1 is 1.00 bits per heavy atom. The molecule has 108 valence electrons. The quantitative estimate of drug-likeness (QED) is 0.521. The first-order valence-corrected chi connectivity index (χ1v) is 5.62. The standard InChI is InChI=1S/C11H16O8/c1-5(12)16-4-8-9(17-6(2)13)10(11(15)19-8)18-7(3)14/h8-11,15H,4H2,1-3H3/t8-,9-,10-,11-/m1/s1. The van der Waals surface area contributed by atoms with Gasteiger partial charge in [0.25, 0.3) is 0 Å². The Morgan fingerprint density at radius 3 is 2.00 bits per heavy atom. The van der Waals surface area contributed by atoms with Crippen LogP contribution in [0.15, 0.2) is 0 Å². The lowest BCUT2D eigenvalue weighted by molar-refractivity contribution is -0.174. The molecule has 1 fully saturated rings. The van der Waals surface area contributed by atoms with Crippen LogP contribution in [-0.2, 0) is 33.3 Å². The molecular weight excluding hydrogens is 260 g/mol. The maximum Gasteiger partial charge on any atom is 0.303 e. The first-order valence-electron chi connectivity index (χ1n) is 5.62. The minimum atomic E-state index is -1.45. The van der Waals surface area contributed by atoms with E-state index in [0.29, 0.717) is 0 Å². The van der Waals surface area contributed by atoms with Gasteiger partial charge in [0.1, 0.15) is 12.7 Å². The molecule has 4 atom stereocenters. The van der Waals surface area contributed by atoms with E-state index in [2.05, 4.69) is 0 Å². The smallest absolute Gasteiger partial charge is 0.303 e. The second kappa shape index (κ2) is 6.48. The molecule has 8 nitrogen and oxygen atoms in total. The highest BCUT2D eigenvalue weighted by molar-refractivity contribution is 5.67. The van der Waals surface area contributed by atoms with Crippen LogP contribution in [0.4, 0.5) is 0 Å². The molecule has 1 N–H and O–H groups in total. The zero-order chi connectivity index (χ0) is 14.6. The fourth-order valence-electron chi connectivity index (χ4n) is 1.69. The van der Waals surface area contributed by atoms with Gasteiger partial charge in [0.05, 0.1) is 0 Å². The van der Waals surface area contributed by atoms with Gasteiger partial charge in [-0.1, -0.05) is 0 Å². The number of rotatable bonds is 4. The van der Waals surface area contributed by atoms with Gasteiger partial charge in [-0.25, -0.2) is 0 Å². The summed E-state index contributed by atoms with van der Waals surface area (Å²) >= 11 is 0. The molecule has 0 spiro atoms. The van der Waals surface area contributed by atoms with E-state index in [0.717, 1.165) is 6.92 Å². The number of ether oxygens (including phenoxy) is 4. The van der Waals surface area contributed by atoms with Gasteiger partial charge in [-0.2, -0.15) is 0 Å². The number of carbonyl (C=O) groups is 3. The highest BCUT2D eigenvalue weighted by Gasteiger charge is 2.48.